The standard InChI is InChI=1S/C15H17N3O2/c1-9(2)10-4-5-12-13(6-10)18-8-11(7-14(19)20)17(3)15(18)16-12/h4-6,8-9H,7H2,1-3H3,(H,19,20). The van der Waals surface area contributed by atoms with E-state index >= 15 is 0 Å². The van der Waals surface area contributed by atoms with Gasteiger partial charge in [0.2, 0.25) is 5.78 Å². The van der Waals surface area contributed by atoms with Crippen molar-refractivity contribution in [3.8, 4) is 0 Å². The topological polar surface area (TPSA) is 59.5 Å². The van der Waals surface area contributed by atoms with Crippen molar-refractivity contribution in [2.24, 2.45) is 7.05 Å². The summed E-state index contributed by atoms with van der Waals surface area (Å²) in [5.74, 6) is 0.394. The Bertz CT molecular complexity index is 811. The minimum atomic E-state index is -0.832. The van der Waals surface area contributed by atoms with E-state index in [0.717, 1.165) is 22.5 Å². The van der Waals surface area contributed by atoms with Gasteiger partial charge in [-0.2, -0.15) is 0 Å². The monoisotopic (exact) mass is 271 g/mol. The fourth-order valence-electron chi connectivity index (χ4n) is 2.50. The van der Waals surface area contributed by atoms with E-state index in [9.17, 15) is 4.79 Å². The first-order chi connectivity index (χ1) is 9.47. The minimum Gasteiger partial charge on any atom is -0.481 e. The fourth-order valence-corrected chi connectivity index (χ4v) is 2.50. The summed E-state index contributed by atoms with van der Waals surface area (Å²) in [7, 11) is 1.85. The zero-order valence-corrected chi connectivity index (χ0v) is 11.8. The zero-order valence-electron chi connectivity index (χ0n) is 11.8. The second-order valence-electron chi connectivity index (χ2n) is 5.43. The van der Waals surface area contributed by atoms with Crippen molar-refractivity contribution in [3.63, 3.8) is 0 Å². The van der Waals surface area contributed by atoms with Gasteiger partial charge in [-0.15, -0.1) is 0 Å². The Morgan fingerprint density at radius 3 is 2.80 bits per heavy atom. The molecule has 0 spiro atoms. The third-order valence-corrected chi connectivity index (χ3v) is 3.70. The second kappa shape index (κ2) is 4.37. The summed E-state index contributed by atoms with van der Waals surface area (Å²) in [5, 5.41) is 8.94. The van der Waals surface area contributed by atoms with E-state index < -0.39 is 5.97 Å². The van der Waals surface area contributed by atoms with Crippen molar-refractivity contribution < 1.29 is 9.90 Å². The molecule has 1 aromatic carbocycles. The molecule has 0 fully saturated rings. The fraction of sp³-hybridized carbons (Fsp3) is 0.333. The molecule has 104 valence electrons. The molecule has 0 saturated carbocycles. The summed E-state index contributed by atoms with van der Waals surface area (Å²) in [5.41, 5.74) is 3.96. The minimum absolute atomic E-state index is 0.00518. The Morgan fingerprint density at radius 2 is 2.15 bits per heavy atom. The Morgan fingerprint density at radius 1 is 1.40 bits per heavy atom. The van der Waals surface area contributed by atoms with Gasteiger partial charge in [0.15, 0.2) is 0 Å². The summed E-state index contributed by atoms with van der Waals surface area (Å²) in [6.45, 7) is 4.31. The Kier molecular flexibility index (Phi) is 2.78. The highest BCUT2D eigenvalue weighted by Gasteiger charge is 2.14. The first-order valence-corrected chi connectivity index (χ1v) is 6.65. The number of aromatic nitrogens is 3. The second-order valence-corrected chi connectivity index (χ2v) is 5.43. The molecule has 0 aliphatic carbocycles. The van der Waals surface area contributed by atoms with E-state index in [-0.39, 0.29) is 6.42 Å². The molecule has 0 amide bonds. The number of rotatable bonds is 3. The maximum absolute atomic E-state index is 10.9. The van der Waals surface area contributed by atoms with Gasteiger partial charge in [-0.1, -0.05) is 19.9 Å². The van der Waals surface area contributed by atoms with Crippen LogP contribution in [0.15, 0.2) is 24.4 Å². The normalized spacial score (nSPS) is 11.8. The molecule has 5 nitrogen and oxygen atoms in total. The predicted molar refractivity (Wildman–Crippen MR) is 77.1 cm³/mol. The number of aliphatic carboxylic acids is 1. The third kappa shape index (κ3) is 1.86. The summed E-state index contributed by atoms with van der Waals surface area (Å²) >= 11 is 0. The summed E-state index contributed by atoms with van der Waals surface area (Å²) in [6.07, 6.45) is 1.87. The molecule has 0 aliphatic heterocycles. The van der Waals surface area contributed by atoms with Gasteiger partial charge >= 0.3 is 5.97 Å². The Balaban J connectivity index is 2.25. The van der Waals surface area contributed by atoms with Gasteiger partial charge in [0.1, 0.15) is 0 Å². The molecule has 5 heteroatoms. The van der Waals surface area contributed by atoms with Gasteiger partial charge in [0.25, 0.3) is 0 Å². The van der Waals surface area contributed by atoms with Crippen LogP contribution in [0, 0.1) is 0 Å². The molecule has 0 saturated heterocycles. The number of aryl methyl sites for hydroxylation is 1. The molecule has 0 aliphatic rings. The highest BCUT2D eigenvalue weighted by atomic mass is 16.4. The van der Waals surface area contributed by atoms with E-state index in [1.807, 2.05) is 28.3 Å². The Hall–Kier alpha value is -2.30. The molecule has 2 aromatic heterocycles. The largest absolute Gasteiger partial charge is 0.481 e. The van der Waals surface area contributed by atoms with Crippen LogP contribution in [0.3, 0.4) is 0 Å². The van der Waals surface area contributed by atoms with Crippen molar-refractivity contribution in [2.45, 2.75) is 26.2 Å². The van der Waals surface area contributed by atoms with Crippen molar-refractivity contribution >= 4 is 22.8 Å². The van der Waals surface area contributed by atoms with Gasteiger partial charge in [0.05, 0.1) is 17.5 Å². The first kappa shape index (κ1) is 12.7. The van der Waals surface area contributed by atoms with E-state index in [2.05, 4.69) is 31.0 Å². The Labute approximate surface area is 116 Å². The number of fused-ring (bicyclic) bond motifs is 3. The van der Waals surface area contributed by atoms with E-state index in [4.69, 9.17) is 5.11 Å². The van der Waals surface area contributed by atoms with Gasteiger partial charge in [-0.3, -0.25) is 9.20 Å². The van der Waals surface area contributed by atoms with Crippen LogP contribution >= 0.6 is 0 Å². The SMILES string of the molecule is CC(C)c1ccc2nc3n(C)c(CC(=O)O)cn3c2c1. The van der Waals surface area contributed by atoms with Gasteiger partial charge in [0, 0.05) is 18.9 Å². The lowest BCUT2D eigenvalue weighted by Gasteiger charge is -2.04. The lowest BCUT2D eigenvalue weighted by Crippen LogP contribution is -2.05. The van der Waals surface area contributed by atoms with Crippen LogP contribution in [0.2, 0.25) is 0 Å². The number of carboxylic acids is 1. The number of carboxylic acid groups (broad SMARTS) is 1. The summed E-state index contributed by atoms with van der Waals surface area (Å²) in [4.78, 5) is 15.5. The summed E-state index contributed by atoms with van der Waals surface area (Å²) < 4.78 is 3.81. The molecular formula is C15H17N3O2. The molecule has 1 N–H and O–H groups in total. The molecule has 0 unspecified atom stereocenters. The molecule has 2 heterocycles. The molecule has 3 rings (SSSR count). The van der Waals surface area contributed by atoms with Crippen LogP contribution in [0.1, 0.15) is 31.0 Å². The number of hydrogen-bond donors (Lipinski definition) is 1. The molecule has 0 atom stereocenters. The van der Waals surface area contributed by atoms with Crippen molar-refractivity contribution in [1.82, 2.24) is 14.0 Å². The lowest BCUT2D eigenvalue weighted by molar-refractivity contribution is -0.136. The molecule has 0 radical (unpaired) electrons. The number of nitrogens with zero attached hydrogens (tertiary/aromatic N) is 3. The first-order valence-electron chi connectivity index (χ1n) is 6.65. The maximum Gasteiger partial charge on any atom is 0.309 e. The maximum atomic E-state index is 10.9. The van der Waals surface area contributed by atoms with Crippen LogP contribution in [0.5, 0.6) is 0 Å². The summed E-state index contributed by atoms with van der Waals surface area (Å²) in [6, 6.07) is 6.25. The van der Waals surface area contributed by atoms with E-state index in [1.165, 1.54) is 5.56 Å². The quantitative estimate of drug-likeness (QED) is 0.796. The molecule has 0 bridgehead atoms. The number of hydrogen-bond acceptors (Lipinski definition) is 2. The van der Waals surface area contributed by atoms with Crippen LogP contribution in [0.25, 0.3) is 16.8 Å². The van der Waals surface area contributed by atoms with Gasteiger partial charge < -0.3 is 9.67 Å². The van der Waals surface area contributed by atoms with Crippen molar-refractivity contribution in [2.75, 3.05) is 0 Å². The molecular weight excluding hydrogens is 254 g/mol. The van der Waals surface area contributed by atoms with E-state index in [0.29, 0.717) is 5.92 Å². The number of benzene rings is 1. The number of imidazole rings is 2. The van der Waals surface area contributed by atoms with Gasteiger partial charge in [-0.05, 0) is 23.6 Å². The third-order valence-electron chi connectivity index (χ3n) is 3.70. The van der Waals surface area contributed by atoms with Crippen LogP contribution in [-0.4, -0.2) is 25.0 Å². The average molecular weight is 271 g/mol. The molecule has 20 heavy (non-hydrogen) atoms. The van der Waals surface area contributed by atoms with Crippen molar-refractivity contribution in [3.05, 3.63) is 35.7 Å². The van der Waals surface area contributed by atoms with Crippen molar-refractivity contribution in [1.29, 1.82) is 0 Å². The zero-order chi connectivity index (χ0) is 14.4. The van der Waals surface area contributed by atoms with E-state index in [1.54, 1.807) is 0 Å². The molecule has 3 aromatic rings. The average Bonchev–Trinajstić information content (AvgIpc) is 2.87. The highest BCUT2D eigenvalue weighted by Crippen LogP contribution is 2.23. The van der Waals surface area contributed by atoms with Gasteiger partial charge in [-0.25, -0.2) is 4.98 Å². The van der Waals surface area contributed by atoms with Crippen LogP contribution in [0.4, 0.5) is 0 Å². The predicted octanol–water partition coefficient (Wildman–Crippen LogP) is 2.58. The van der Waals surface area contributed by atoms with Crippen LogP contribution < -0.4 is 0 Å². The smallest absolute Gasteiger partial charge is 0.309 e. The lowest BCUT2D eigenvalue weighted by atomic mass is 10.0. The van der Waals surface area contributed by atoms with Crippen LogP contribution in [-0.2, 0) is 18.3 Å². The number of carbonyl (C=O) groups is 1. The highest BCUT2D eigenvalue weighted by molar-refractivity contribution is 5.81.